The predicted molar refractivity (Wildman–Crippen MR) is 83.6 cm³/mol. The number of amides is 1. The molecule has 0 spiro atoms. The molecule has 3 N–H and O–H groups in total. The van der Waals surface area contributed by atoms with E-state index in [2.05, 4.69) is 22.9 Å². The molecule has 0 saturated carbocycles. The first kappa shape index (κ1) is 15.1. The molecule has 20 heavy (non-hydrogen) atoms. The molecule has 1 heterocycles. The van der Waals surface area contributed by atoms with E-state index in [0.29, 0.717) is 22.7 Å². The maximum Gasteiger partial charge on any atom is 0.252 e. The van der Waals surface area contributed by atoms with Gasteiger partial charge in [0.05, 0.1) is 10.6 Å². The van der Waals surface area contributed by atoms with Crippen molar-refractivity contribution < 1.29 is 4.79 Å². The standard InChI is InChI=1S/C15H22ClN3O/c1-10(8-11-4-3-7-18-11)19-12-5-6-14(16)13(9-12)15(20)17-2/h5-6,9-11,18-19H,3-4,7-8H2,1-2H3,(H,17,20). The average molecular weight is 296 g/mol. The van der Waals surface area contributed by atoms with Crippen LogP contribution in [0.5, 0.6) is 0 Å². The maximum atomic E-state index is 11.7. The number of anilines is 1. The van der Waals surface area contributed by atoms with Crippen LogP contribution < -0.4 is 16.0 Å². The Morgan fingerprint density at radius 1 is 1.55 bits per heavy atom. The van der Waals surface area contributed by atoms with Crippen molar-refractivity contribution in [2.75, 3.05) is 18.9 Å². The molecule has 0 bridgehead atoms. The third-order valence-electron chi connectivity index (χ3n) is 3.65. The van der Waals surface area contributed by atoms with Crippen LogP contribution in [0.2, 0.25) is 5.02 Å². The van der Waals surface area contributed by atoms with Gasteiger partial charge in [0.1, 0.15) is 0 Å². The summed E-state index contributed by atoms with van der Waals surface area (Å²) in [6, 6.07) is 6.43. The van der Waals surface area contributed by atoms with E-state index in [1.807, 2.05) is 6.07 Å². The molecular formula is C15H22ClN3O. The van der Waals surface area contributed by atoms with Crippen molar-refractivity contribution in [1.29, 1.82) is 0 Å². The van der Waals surface area contributed by atoms with Gasteiger partial charge < -0.3 is 16.0 Å². The Labute approximate surface area is 125 Å². The molecule has 0 aliphatic carbocycles. The van der Waals surface area contributed by atoms with E-state index in [4.69, 9.17) is 11.6 Å². The van der Waals surface area contributed by atoms with Gasteiger partial charge in [0.15, 0.2) is 0 Å². The second-order valence-electron chi connectivity index (χ2n) is 5.35. The minimum Gasteiger partial charge on any atom is -0.383 e. The second kappa shape index (κ2) is 6.95. The molecule has 2 rings (SSSR count). The van der Waals surface area contributed by atoms with E-state index < -0.39 is 0 Å². The second-order valence-corrected chi connectivity index (χ2v) is 5.76. The summed E-state index contributed by atoms with van der Waals surface area (Å²) in [7, 11) is 1.60. The van der Waals surface area contributed by atoms with Crippen LogP contribution in [-0.2, 0) is 0 Å². The van der Waals surface area contributed by atoms with Crippen molar-refractivity contribution in [3.05, 3.63) is 28.8 Å². The SMILES string of the molecule is CNC(=O)c1cc(NC(C)CC2CCCN2)ccc1Cl. The van der Waals surface area contributed by atoms with Crippen LogP contribution in [0.3, 0.4) is 0 Å². The van der Waals surface area contributed by atoms with E-state index in [-0.39, 0.29) is 5.91 Å². The quantitative estimate of drug-likeness (QED) is 0.783. The molecule has 1 fully saturated rings. The topological polar surface area (TPSA) is 53.2 Å². The summed E-state index contributed by atoms with van der Waals surface area (Å²) in [5, 5.41) is 10.0. The van der Waals surface area contributed by atoms with Crippen LogP contribution in [0.25, 0.3) is 0 Å². The molecular weight excluding hydrogens is 274 g/mol. The Kier molecular flexibility index (Phi) is 5.26. The Bertz CT molecular complexity index is 472. The zero-order chi connectivity index (χ0) is 14.5. The molecule has 1 aliphatic heterocycles. The number of hydrogen-bond donors (Lipinski definition) is 3. The van der Waals surface area contributed by atoms with Gasteiger partial charge in [-0.2, -0.15) is 0 Å². The van der Waals surface area contributed by atoms with E-state index in [9.17, 15) is 4.79 Å². The third-order valence-corrected chi connectivity index (χ3v) is 3.98. The van der Waals surface area contributed by atoms with Crippen LogP contribution >= 0.6 is 11.6 Å². The predicted octanol–water partition coefficient (Wildman–Crippen LogP) is 2.64. The lowest BCUT2D eigenvalue weighted by molar-refractivity contribution is 0.0963. The summed E-state index contributed by atoms with van der Waals surface area (Å²) in [5.41, 5.74) is 1.43. The number of nitrogens with one attached hydrogen (secondary N) is 3. The van der Waals surface area contributed by atoms with Gasteiger partial charge in [0.2, 0.25) is 0 Å². The first-order valence-electron chi connectivity index (χ1n) is 7.11. The van der Waals surface area contributed by atoms with E-state index in [1.165, 1.54) is 12.8 Å². The lowest BCUT2D eigenvalue weighted by atomic mass is 10.1. The van der Waals surface area contributed by atoms with Crippen molar-refractivity contribution in [1.82, 2.24) is 10.6 Å². The molecule has 0 aromatic heterocycles. The average Bonchev–Trinajstić information content (AvgIpc) is 2.92. The summed E-state index contributed by atoms with van der Waals surface area (Å²) in [6.07, 6.45) is 3.59. The maximum absolute atomic E-state index is 11.7. The van der Waals surface area contributed by atoms with Crippen molar-refractivity contribution in [2.45, 2.75) is 38.3 Å². The summed E-state index contributed by atoms with van der Waals surface area (Å²) >= 11 is 6.05. The van der Waals surface area contributed by atoms with Gasteiger partial charge in [-0.1, -0.05) is 11.6 Å². The zero-order valence-corrected chi connectivity index (χ0v) is 12.8. The van der Waals surface area contributed by atoms with Crippen molar-refractivity contribution >= 4 is 23.2 Å². The molecule has 5 heteroatoms. The fourth-order valence-electron chi connectivity index (χ4n) is 2.65. The van der Waals surface area contributed by atoms with Crippen LogP contribution in [-0.4, -0.2) is 31.6 Å². The molecule has 1 aliphatic rings. The molecule has 2 atom stereocenters. The molecule has 0 radical (unpaired) electrons. The van der Waals surface area contributed by atoms with Gasteiger partial charge in [0.25, 0.3) is 5.91 Å². The van der Waals surface area contributed by atoms with Gasteiger partial charge in [0, 0.05) is 24.8 Å². The van der Waals surface area contributed by atoms with Crippen LogP contribution in [0.1, 0.15) is 36.5 Å². The number of hydrogen-bond acceptors (Lipinski definition) is 3. The molecule has 4 nitrogen and oxygen atoms in total. The highest BCUT2D eigenvalue weighted by Crippen LogP contribution is 2.22. The number of halogens is 1. The van der Waals surface area contributed by atoms with Crippen LogP contribution in [0, 0.1) is 0 Å². The van der Waals surface area contributed by atoms with Gasteiger partial charge in [-0.3, -0.25) is 4.79 Å². The number of benzene rings is 1. The highest BCUT2D eigenvalue weighted by molar-refractivity contribution is 6.34. The first-order chi connectivity index (χ1) is 9.60. The van der Waals surface area contributed by atoms with Crippen LogP contribution in [0.4, 0.5) is 5.69 Å². The highest BCUT2D eigenvalue weighted by Gasteiger charge is 2.17. The molecule has 1 aromatic rings. The van der Waals surface area contributed by atoms with Gasteiger partial charge >= 0.3 is 0 Å². The Morgan fingerprint density at radius 3 is 3.00 bits per heavy atom. The molecule has 1 aromatic carbocycles. The third kappa shape index (κ3) is 3.87. The minimum absolute atomic E-state index is 0.163. The highest BCUT2D eigenvalue weighted by atomic mass is 35.5. The summed E-state index contributed by atoms with van der Waals surface area (Å²) < 4.78 is 0. The van der Waals surface area contributed by atoms with Crippen molar-refractivity contribution in [2.24, 2.45) is 0 Å². The smallest absolute Gasteiger partial charge is 0.252 e. The molecule has 1 saturated heterocycles. The Hall–Kier alpha value is -1.26. The van der Waals surface area contributed by atoms with Gasteiger partial charge in [-0.15, -0.1) is 0 Å². The van der Waals surface area contributed by atoms with Crippen molar-refractivity contribution in [3.63, 3.8) is 0 Å². The molecule has 110 valence electrons. The number of carbonyl (C=O) groups excluding carboxylic acids is 1. The normalized spacial score (nSPS) is 19.6. The summed E-state index contributed by atoms with van der Waals surface area (Å²) in [5.74, 6) is -0.163. The fourth-order valence-corrected chi connectivity index (χ4v) is 2.86. The van der Waals surface area contributed by atoms with Crippen LogP contribution in [0.15, 0.2) is 18.2 Å². The largest absolute Gasteiger partial charge is 0.383 e. The minimum atomic E-state index is -0.163. The first-order valence-corrected chi connectivity index (χ1v) is 7.49. The monoisotopic (exact) mass is 295 g/mol. The molecule has 1 amide bonds. The van der Waals surface area contributed by atoms with Gasteiger partial charge in [-0.05, 0) is 50.9 Å². The van der Waals surface area contributed by atoms with Crippen molar-refractivity contribution in [3.8, 4) is 0 Å². The Morgan fingerprint density at radius 2 is 2.35 bits per heavy atom. The zero-order valence-electron chi connectivity index (χ0n) is 12.0. The lowest BCUT2D eigenvalue weighted by Crippen LogP contribution is -2.29. The number of rotatable bonds is 5. The lowest BCUT2D eigenvalue weighted by Gasteiger charge is -2.20. The van der Waals surface area contributed by atoms with Gasteiger partial charge in [-0.25, -0.2) is 0 Å². The molecule has 2 unspecified atom stereocenters. The number of carbonyl (C=O) groups is 1. The summed E-state index contributed by atoms with van der Waals surface area (Å²) in [4.78, 5) is 11.7. The Balaban J connectivity index is 1.99. The van der Waals surface area contributed by atoms with E-state index >= 15 is 0 Å². The van der Waals surface area contributed by atoms with E-state index in [1.54, 1.807) is 19.2 Å². The van der Waals surface area contributed by atoms with E-state index in [0.717, 1.165) is 18.7 Å². The fraction of sp³-hybridized carbons (Fsp3) is 0.533. The summed E-state index contributed by atoms with van der Waals surface area (Å²) in [6.45, 7) is 3.29.